The first-order valence-electron chi connectivity index (χ1n) is 10.1. The molecule has 2 heterocycles. The maximum absolute atomic E-state index is 12.8. The van der Waals surface area contributed by atoms with E-state index in [1.54, 1.807) is 12.3 Å². The number of amides is 2. The molecular weight excluding hydrogens is 376 g/mol. The largest absolute Gasteiger partial charge is 0.350 e. The highest BCUT2D eigenvalue weighted by atomic mass is 16.2. The number of pyridine rings is 1. The average molecular weight is 400 g/mol. The fourth-order valence-corrected chi connectivity index (χ4v) is 4.26. The number of nitrogens with one attached hydrogen (secondary N) is 3. The number of allylic oxidation sites excluding steroid dienone is 3. The molecule has 2 aromatic rings. The Balaban J connectivity index is 1.47. The van der Waals surface area contributed by atoms with Crippen molar-refractivity contribution in [2.75, 3.05) is 11.9 Å². The lowest BCUT2D eigenvalue weighted by Crippen LogP contribution is -2.32. The summed E-state index contributed by atoms with van der Waals surface area (Å²) in [5.74, 6) is 0.124. The van der Waals surface area contributed by atoms with Crippen LogP contribution in [-0.4, -0.2) is 29.1 Å². The molecule has 4 rings (SSSR count). The molecule has 1 aliphatic heterocycles. The average Bonchev–Trinajstić information content (AvgIpc) is 3.26. The van der Waals surface area contributed by atoms with E-state index in [4.69, 9.17) is 5.41 Å². The minimum Gasteiger partial charge on any atom is -0.350 e. The molecule has 1 unspecified atom stereocenters. The first kappa shape index (κ1) is 19.8. The van der Waals surface area contributed by atoms with Gasteiger partial charge in [-0.25, -0.2) is 4.98 Å². The van der Waals surface area contributed by atoms with Crippen molar-refractivity contribution >= 4 is 23.3 Å². The standard InChI is InChI=1S/C24H24N4O2/c1-2-17-14-24(19-9-6-11-26-21(19)28-23(24)30)15-18(17)13-20(25)22(29)27-12-10-16-7-4-3-5-8-16/h2-9,11,13,25H,10,12,14-15H2,1H3,(H,27,29)(H,26,28,30)/b17-2-,18-13-,25-20?. The normalized spacial score (nSPS) is 22.4. The van der Waals surface area contributed by atoms with Crippen LogP contribution < -0.4 is 10.6 Å². The van der Waals surface area contributed by atoms with Crippen molar-refractivity contribution in [1.29, 1.82) is 5.41 Å². The van der Waals surface area contributed by atoms with Crippen LogP contribution >= 0.6 is 0 Å². The van der Waals surface area contributed by atoms with Gasteiger partial charge in [-0.3, -0.25) is 15.0 Å². The minimum atomic E-state index is -0.707. The summed E-state index contributed by atoms with van der Waals surface area (Å²) in [7, 11) is 0. The predicted octanol–water partition coefficient (Wildman–Crippen LogP) is 3.32. The lowest BCUT2D eigenvalue weighted by Gasteiger charge is -2.19. The third kappa shape index (κ3) is 3.56. The summed E-state index contributed by atoms with van der Waals surface area (Å²) in [6, 6.07) is 13.7. The maximum Gasteiger partial charge on any atom is 0.269 e. The van der Waals surface area contributed by atoms with Crippen LogP contribution in [-0.2, 0) is 21.4 Å². The van der Waals surface area contributed by atoms with E-state index in [0.717, 1.165) is 22.3 Å². The quantitative estimate of drug-likeness (QED) is 0.672. The van der Waals surface area contributed by atoms with Gasteiger partial charge in [-0.1, -0.05) is 42.5 Å². The molecule has 1 saturated carbocycles. The first-order chi connectivity index (χ1) is 14.5. The van der Waals surface area contributed by atoms with Gasteiger partial charge in [0.25, 0.3) is 5.91 Å². The number of hydrogen-bond acceptors (Lipinski definition) is 4. The lowest BCUT2D eigenvalue weighted by atomic mass is 9.80. The van der Waals surface area contributed by atoms with Gasteiger partial charge in [-0.2, -0.15) is 0 Å². The summed E-state index contributed by atoms with van der Waals surface area (Å²) in [4.78, 5) is 29.5. The Hall–Kier alpha value is -3.54. The first-order valence-corrected chi connectivity index (χ1v) is 10.1. The molecule has 2 aliphatic rings. The molecule has 3 N–H and O–H groups in total. The van der Waals surface area contributed by atoms with Crippen LogP contribution in [0.25, 0.3) is 0 Å². The summed E-state index contributed by atoms with van der Waals surface area (Å²) in [5, 5.41) is 13.9. The Morgan fingerprint density at radius 2 is 1.97 bits per heavy atom. The van der Waals surface area contributed by atoms with Gasteiger partial charge in [0.2, 0.25) is 5.91 Å². The highest BCUT2D eigenvalue weighted by molar-refractivity contribution is 6.42. The molecule has 152 valence electrons. The number of carbonyl (C=O) groups excluding carboxylic acids is 2. The molecule has 1 atom stereocenters. The highest BCUT2D eigenvalue weighted by Gasteiger charge is 2.52. The number of carbonyl (C=O) groups is 2. The Morgan fingerprint density at radius 1 is 1.20 bits per heavy atom. The summed E-state index contributed by atoms with van der Waals surface area (Å²) >= 11 is 0. The third-order valence-corrected chi connectivity index (χ3v) is 5.84. The fourth-order valence-electron chi connectivity index (χ4n) is 4.26. The van der Waals surface area contributed by atoms with Crippen molar-refractivity contribution in [1.82, 2.24) is 10.3 Å². The third-order valence-electron chi connectivity index (χ3n) is 5.84. The van der Waals surface area contributed by atoms with Gasteiger partial charge < -0.3 is 10.6 Å². The van der Waals surface area contributed by atoms with Gasteiger partial charge in [0.15, 0.2) is 0 Å². The molecule has 1 aliphatic carbocycles. The smallest absolute Gasteiger partial charge is 0.269 e. The van der Waals surface area contributed by atoms with E-state index in [-0.39, 0.29) is 11.6 Å². The summed E-state index contributed by atoms with van der Waals surface area (Å²) in [6.45, 7) is 2.39. The molecule has 0 bridgehead atoms. The van der Waals surface area contributed by atoms with Crippen molar-refractivity contribution in [2.45, 2.75) is 31.6 Å². The minimum absolute atomic E-state index is 0.0715. The molecular formula is C24H24N4O2. The zero-order valence-corrected chi connectivity index (χ0v) is 16.9. The van der Waals surface area contributed by atoms with Crippen LogP contribution in [0.2, 0.25) is 0 Å². The van der Waals surface area contributed by atoms with Crippen molar-refractivity contribution in [3.8, 4) is 0 Å². The second-order valence-corrected chi connectivity index (χ2v) is 7.68. The van der Waals surface area contributed by atoms with Gasteiger partial charge in [0.1, 0.15) is 11.5 Å². The van der Waals surface area contributed by atoms with Gasteiger partial charge in [0, 0.05) is 18.3 Å². The molecule has 6 nitrogen and oxygen atoms in total. The zero-order valence-electron chi connectivity index (χ0n) is 16.9. The number of nitrogens with zero attached hydrogens (tertiary/aromatic N) is 1. The van der Waals surface area contributed by atoms with Crippen LogP contribution in [0.5, 0.6) is 0 Å². The Labute approximate surface area is 175 Å². The maximum atomic E-state index is 12.8. The van der Waals surface area contributed by atoms with Gasteiger partial charge >= 0.3 is 0 Å². The Kier molecular flexibility index (Phi) is 5.31. The Morgan fingerprint density at radius 3 is 2.73 bits per heavy atom. The van der Waals surface area contributed by atoms with Gasteiger partial charge in [-0.15, -0.1) is 0 Å². The summed E-state index contributed by atoms with van der Waals surface area (Å²) in [6.07, 6.45) is 6.94. The van der Waals surface area contributed by atoms with E-state index in [1.807, 2.05) is 55.5 Å². The van der Waals surface area contributed by atoms with Gasteiger partial charge in [-0.05, 0) is 55.0 Å². The second-order valence-electron chi connectivity index (χ2n) is 7.68. The highest BCUT2D eigenvalue weighted by Crippen LogP contribution is 2.52. The fraction of sp³-hybridized carbons (Fsp3) is 0.250. The summed E-state index contributed by atoms with van der Waals surface area (Å²) in [5.41, 5.74) is 3.06. The number of benzene rings is 1. The molecule has 2 amide bonds. The number of fused-ring (bicyclic) bond motifs is 2. The van der Waals surface area contributed by atoms with E-state index < -0.39 is 11.3 Å². The second kappa shape index (κ2) is 8.06. The monoisotopic (exact) mass is 400 g/mol. The van der Waals surface area contributed by atoms with Gasteiger partial charge in [0.05, 0.1) is 5.41 Å². The number of aromatic nitrogens is 1. The SMILES string of the molecule is C/C=C1/CC2(C/C1=C/C(=N)C(=O)NCCc1ccccc1)C(=O)Nc1ncccc12. The number of hydrogen-bond donors (Lipinski definition) is 3. The lowest BCUT2D eigenvalue weighted by molar-refractivity contribution is -0.120. The van der Waals surface area contributed by atoms with E-state index in [2.05, 4.69) is 15.6 Å². The van der Waals surface area contributed by atoms with Crippen molar-refractivity contribution in [2.24, 2.45) is 0 Å². The molecule has 6 heteroatoms. The van der Waals surface area contributed by atoms with E-state index >= 15 is 0 Å². The number of rotatable bonds is 5. The summed E-state index contributed by atoms with van der Waals surface area (Å²) < 4.78 is 0. The van der Waals surface area contributed by atoms with Crippen molar-refractivity contribution in [3.05, 3.63) is 83.1 Å². The van der Waals surface area contributed by atoms with Crippen LogP contribution in [0.1, 0.15) is 30.9 Å². The number of anilines is 1. The molecule has 30 heavy (non-hydrogen) atoms. The van der Waals surface area contributed by atoms with E-state index in [9.17, 15) is 9.59 Å². The van der Waals surface area contributed by atoms with E-state index in [1.165, 1.54) is 0 Å². The molecule has 1 fully saturated rings. The van der Waals surface area contributed by atoms with Crippen molar-refractivity contribution in [3.63, 3.8) is 0 Å². The van der Waals surface area contributed by atoms with Crippen LogP contribution in [0.15, 0.2) is 72.0 Å². The molecule has 1 spiro atoms. The molecule has 1 aromatic carbocycles. The topological polar surface area (TPSA) is 94.9 Å². The predicted molar refractivity (Wildman–Crippen MR) is 117 cm³/mol. The molecule has 1 aromatic heterocycles. The van der Waals surface area contributed by atoms with E-state index in [0.29, 0.717) is 31.6 Å². The van der Waals surface area contributed by atoms with Crippen molar-refractivity contribution < 1.29 is 9.59 Å². The van der Waals surface area contributed by atoms with Crippen LogP contribution in [0.3, 0.4) is 0 Å². The molecule has 0 radical (unpaired) electrons. The zero-order chi connectivity index (χ0) is 21.1. The Bertz CT molecular complexity index is 1070. The van der Waals surface area contributed by atoms with Crippen LogP contribution in [0.4, 0.5) is 5.82 Å². The van der Waals surface area contributed by atoms with Crippen LogP contribution in [0, 0.1) is 5.41 Å². The molecule has 0 saturated heterocycles.